The lowest BCUT2D eigenvalue weighted by Crippen LogP contribution is -2.53. The van der Waals surface area contributed by atoms with Gasteiger partial charge in [0.05, 0.1) is 27.1 Å². The SMILES string of the molecule is C=C(C)[C@H](NC(=O)Cc1cc(-c2nc(C)no2)ccc1OC)C(=O)NC(CC(=O)O)C(=O)COc1ccc(OC)cc1. The summed E-state index contributed by atoms with van der Waals surface area (Å²) in [6, 6.07) is 8.77. The molecule has 0 radical (unpaired) electrons. The summed E-state index contributed by atoms with van der Waals surface area (Å²) in [5.74, 6) is -1.27. The number of benzene rings is 2. The zero-order chi connectivity index (χ0) is 30.8. The maximum atomic E-state index is 13.1. The van der Waals surface area contributed by atoms with E-state index in [0.29, 0.717) is 34.2 Å². The summed E-state index contributed by atoms with van der Waals surface area (Å²) in [5, 5.41) is 18.1. The summed E-state index contributed by atoms with van der Waals surface area (Å²) >= 11 is 0. The van der Waals surface area contributed by atoms with E-state index < -0.39 is 48.7 Å². The molecule has 13 nitrogen and oxygen atoms in total. The lowest BCUT2D eigenvalue weighted by molar-refractivity contribution is -0.140. The number of aryl methyl sites for hydroxylation is 1. The van der Waals surface area contributed by atoms with E-state index in [1.807, 2.05) is 0 Å². The highest BCUT2D eigenvalue weighted by molar-refractivity contribution is 5.96. The van der Waals surface area contributed by atoms with Gasteiger partial charge >= 0.3 is 5.97 Å². The van der Waals surface area contributed by atoms with Gasteiger partial charge in [-0.3, -0.25) is 19.2 Å². The second kappa shape index (κ2) is 14.4. The Morgan fingerprint density at radius 2 is 1.71 bits per heavy atom. The van der Waals surface area contributed by atoms with Crippen molar-refractivity contribution < 1.29 is 43.0 Å². The lowest BCUT2D eigenvalue weighted by atomic mass is 10.0. The second-order valence-electron chi connectivity index (χ2n) is 9.29. The van der Waals surface area contributed by atoms with Gasteiger partial charge in [0.25, 0.3) is 5.89 Å². The largest absolute Gasteiger partial charge is 0.497 e. The second-order valence-corrected chi connectivity index (χ2v) is 9.29. The van der Waals surface area contributed by atoms with Gasteiger partial charge in [-0.05, 0) is 61.9 Å². The molecule has 0 aliphatic rings. The predicted molar refractivity (Wildman–Crippen MR) is 149 cm³/mol. The number of nitrogens with zero attached hydrogens (tertiary/aromatic N) is 2. The van der Waals surface area contributed by atoms with Crippen molar-refractivity contribution in [3.8, 4) is 28.7 Å². The first-order valence-corrected chi connectivity index (χ1v) is 12.7. The molecule has 1 aromatic heterocycles. The molecular weight excluding hydrogens is 548 g/mol. The number of ketones is 1. The molecule has 3 aromatic rings. The summed E-state index contributed by atoms with van der Waals surface area (Å²) in [5.41, 5.74) is 1.32. The molecule has 0 saturated carbocycles. The summed E-state index contributed by atoms with van der Waals surface area (Å²) in [4.78, 5) is 54.6. The summed E-state index contributed by atoms with van der Waals surface area (Å²) in [7, 11) is 2.96. The van der Waals surface area contributed by atoms with Gasteiger partial charge in [0, 0.05) is 11.1 Å². The van der Waals surface area contributed by atoms with Gasteiger partial charge in [-0.1, -0.05) is 11.7 Å². The maximum absolute atomic E-state index is 13.1. The number of aromatic nitrogens is 2. The van der Waals surface area contributed by atoms with E-state index in [9.17, 15) is 24.3 Å². The first-order valence-electron chi connectivity index (χ1n) is 12.7. The van der Waals surface area contributed by atoms with Crippen LogP contribution in [-0.2, 0) is 25.6 Å². The zero-order valence-electron chi connectivity index (χ0n) is 23.6. The molecule has 3 rings (SSSR count). The number of nitrogens with one attached hydrogen (secondary N) is 2. The molecule has 1 heterocycles. The minimum atomic E-state index is -1.42. The van der Waals surface area contributed by atoms with Gasteiger partial charge in [0.1, 0.15) is 35.9 Å². The maximum Gasteiger partial charge on any atom is 0.305 e. The molecule has 2 aromatic carbocycles. The fourth-order valence-corrected chi connectivity index (χ4v) is 3.86. The predicted octanol–water partition coefficient (Wildman–Crippen LogP) is 2.27. The van der Waals surface area contributed by atoms with E-state index in [1.165, 1.54) is 21.1 Å². The van der Waals surface area contributed by atoms with E-state index in [4.69, 9.17) is 18.7 Å². The van der Waals surface area contributed by atoms with Crippen LogP contribution in [0, 0.1) is 6.92 Å². The molecule has 1 unspecified atom stereocenters. The Morgan fingerprint density at radius 3 is 2.29 bits per heavy atom. The summed E-state index contributed by atoms with van der Waals surface area (Å²) < 4.78 is 21.1. The molecular formula is C29H32N4O9. The van der Waals surface area contributed by atoms with E-state index in [-0.39, 0.29) is 17.9 Å². The van der Waals surface area contributed by atoms with Crippen LogP contribution in [0.1, 0.15) is 24.7 Å². The van der Waals surface area contributed by atoms with Gasteiger partial charge in [0.15, 0.2) is 11.6 Å². The van der Waals surface area contributed by atoms with Crippen molar-refractivity contribution in [2.75, 3.05) is 20.8 Å². The van der Waals surface area contributed by atoms with Gasteiger partial charge in [-0.15, -0.1) is 0 Å². The van der Waals surface area contributed by atoms with Gasteiger partial charge in [0.2, 0.25) is 11.8 Å². The van der Waals surface area contributed by atoms with Gasteiger partial charge in [-0.2, -0.15) is 4.98 Å². The van der Waals surface area contributed by atoms with Crippen LogP contribution in [0.3, 0.4) is 0 Å². The molecule has 0 fully saturated rings. The molecule has 2 atom stereocenters. The highest BCUT2D eigenvalue weighted by atomic mass is 16.5. The molecule has 0 aliphatic carbocycles. The highest BCUT2D eigenvalue weighted by Gasteiger charge is 2.29. The smallest absolute Gasteiger partial charge is 0.305 e. The van der Waals surface area contributed by atoms with E-state index in [0.717, 1.165) is 0 Å². The number of carbonyl (C=O) groups excluding carboxylic acids is 3. The summed E-state index contributed by atoms with van der Waals surface area (Å²) in [6.45, 7) is 6.47. The number of methoxy groups -OCH3 is 2. The zero-order valence-corrected chi connectivity index (χ0v) is 23.6. The minimum absolute atomic E-state index is 0.186. The van der Waals surface area contributed by atoms with Gasteiger partial charge < -0.3 is 34.5 Å². The first-order chi connectivity index (χ1) is 20.0. The van der Waals surface area contributed by atoms with Crippen LogP contribution in [0.15, 0.2) is 59.1 Å². The highest BCUT2D eigenvalue weighted by Crippen LogP contribution is 2.26. The van der Waals surface area contributed by atoms with Crippen LogP contribution in [0.4, 0.5) is 0 Å². The molecule has 13 heteroatoms. The number of aliphatic carboxylic acids is 1. The van der Waals surface area contributed by atoms with E-state index in [1.54, 1.807) is 49.4 Å². The number of carboxylic acids is 1. The van der Waals surface area contributed by atoms with Crippen molar-refractivity contribution in [1.29, 1.82) is 0 Å². The number of hydrogen-bond acceptors (Lipinski definition) is 10. The number of Topliss-reactive ketones (excluding diaryl/α,β-unsaturated/α-hetero) is 1. The number of ether oxygens (including phenoxy) is 3. The fourth-order valence-electron chi connectivity index (χ4n) is 3.86. The average molecular weight is 581 g/mol. The Morgan fingerprint density at radius 1 is 1.02 bits per heavy atom. The van der Waals surface area contributed by atoms with Crippen molar-refractivity contribution in [2.45, 2.75) is 38.8 Å². The van der Waals surface area contributed by atoms with E-state index >= 15 is 0 Å². The lowest BCUT2D eigenvalue weighted by Gasteiger charge is -2.22. The molecule has 42 heavy (non-hydrogen) atoms. The van der Waals surface area contributed by atoms with Crippen molar-refractivity contribution in [1.82, 2.24) is 20.8 Å². The van der Waals surface area contributed by atoms with Crippen LogP contribution >= 0.6 is 0 Å². The molecule has 0 saturated heterocycles. The number of hydrogen-bond donors (Lipinski definition) is 3. The van der Waals surface area contributed by atoms with Crippen molar-refractivity contribution in [3.05, 3.63) is 66.0 Å². The monoisotopic (exact) mass is 580 g/mol. The number of carbonyl (C=O) groups is 4. The van der Waals surface area contributed by atoms with Crippen molar-refractivity contribution in [3.63, 3.8) is 0 Å². The van der Waals surface area contributed by atoms with Crippen LogP contribution in [0.2, 0.25) is 0 Å². The number of rotatable bonds is 15. The Balaban J connectivity index is 1.69. The van der Waals surface area contributed by atoms with E-state index in [2.05, 4.69) is 27.4 Å². The van der Waals surface area contributed by atoms with Crippen molar-refractivity contribution >= 4 is 23.6 Å². The molecule has 2 amide bonds. The Kier molecular flexibility index (Phi) is 10.8. The Labute approximate surface area is 241 Å². The summed E-state index contributed by atoms with van der Waals surface area (Å²) in [6.07, 6.45) is -0.874. The third kappa shape index (κ3) is 8.65. The van der Waals surface area contributed by atoms with Gasteiger partial charge in [-0.25, -0.2) is 0 Å². The first kappa shape index (κ1) is 31.3. The molecule has 0 aliphatic heterocycles. The standard InChI is InChI=1S/C29H32N4O9/c1-16(2)27(32-25(35)13-19-12-18(6-11-24(19)40-5)29-30-17(3)33-42-29)28(38)31-22(14-26(36)37)23(34)15-41-21-9-7-20(39-4)8-10-21/h6-12,22,27H,1,13-15H2,2-5H3,(H,31,38)(H,32,35)(H,36,37)/t22?,27-/m0/s1. The molecule has 3 N–H and O–H groups in total. The van der Waals surface area contributed by atoms with Crippen LogP contribution in [0.5, 0.6) is 17.2 Å². The fraction of sp³-hybridized carbons (Fsp3) is 0.310. The quantitative estimate of drug-likeness (QED) is 0.225. The third-order valence-electron chi connectivity index (χ3n) is 5.99. The average Bonchev–Trinajstić information content (AvgIpc) is 3.40. The Bertz CT molecular complexity index is 1450. The van der Waals surface area contributed by atoms with Crippen LogP contribution in [0.25, 0.3) is 11.5 Å². The number of carboxylic acid groups (broad SMARTS) is 1. The number of amides is 2. The third-order valence-corrected chi connectivity index (χ3v) is 5.99. The molecule has 0 spiro atoms. The van der Waals surface area contributed by atoms with Crippen molar-refractivity contribution in [2.24, 2.45) is 0 Å². The normalized spacial score (nSPS) is 12.0. The minimum Gasteiger partial charge on any atom is -0.497 e. The molecule has 222 valence electrons. The van der Waals surface area contributed by atoms with Crippen LogP contribution < -0.4 is 24.8 Å². The molecule has 0 bridgehead atoms. The Hall–Kier alpha value is -5.20. The van der Waals surface area contributed by atoms with Crippen LogP contribution in [-0.4, -0.2) is 71.7 Å². The topological polar surface area (TPSA) is 179 Å².